The minimum Gasteiger partial charge on any atom is -0.326 e. The molecular weight excluding hydrogens is 401 g/mol. The van der Waals surface area contributed by atoms with Crippen molar-refractivity contribution in [3.8, 4) is 0 Å². The van der Waals surface area contributed by atoms with Gasteiger partial charge < -0.3 is 5.32 Å². The molecule has 4 nitrogen and oxygen atoms in total. The molecule has 0 aliphatic carbocycles. The van der Waals surface area contributed by atoms with Crippen molar-refractivity contribution in [2.75, 3.05) is 5.32 Å². The molecule has 2 rings (SSSR count). The zero-order chi connectivity index (χ0) is 17.0. The molecule has 0 unspecified atom stereocenters. The van der Waals surface area contributed by atoms with Crippen LogP contribution in [0.2, 0.25) is 0 Å². The Balaban J connectivity index is 1.96. The van der Waals surface area contributed by atoms with Gasteiger partial charge in [-0.25, -0.2) is 0 Å². The molecule has 1 aromatic carbocycles. The van der Waals surface area contributed by atoms with Gasteiger partial charge in [0.15, 0.2) is 0 Å². The highest BCUT2D eigenvalue weighted by Gasteiger charge is 2.13. The van der Waals surface area contributed by atoms with E-state index in [1.807, 2.05) is 31.2 Å². The predicted molar refractivity (Wildman–Crippen MR) is 103 cm³/mol. The Kier molecular flexibility index (Phi) is 6.21. The van der Waals surface area contributed by atoms with Crippen LogP contribution in [0.1, 0.15) is 37.2 Å². The van der Waals surface area contributed by atoms with E-state index in [1.54, 1.807) is 0 Å². The molecule has 0 aliphatic rings. The van der Waals surface area contributed by atoms with Gasteiger partial charge in [-0.15, -0.1) is 0 Å². The molecule has 0 radical (unpaired) electrons. The van der Waals surface area contributed by atoms with Crippen molar-refractivity contribution in [2.45, 2.75) is 47.1 Å². The molecule has 0 aliphatic heterocycles. The minimum absolute atomic E-state index is 0.0432. The Labute approximate surface area is 151 Å². The monoisotopic (exact) mass is 425 g/mol. The van der Waals surface area contributed by atoms with E-state index < -0.39 is 0 Å². The maximum atomic E-state index is 12.1. The van der Waals surface area contributed by atoms with E-state index in [1.165, 1.54) is 11.3 Å². The molecule has 1 N–H and O–H groups in total. The molecule has 1 amide bonds. The number of carbonyl (C=O) groups excluding carboxylic acids is 1. The average molecular weight is 425 g/mol. The van der Waals surface area contributed by atoms with Crippen molar-refractivity contribution in [3.63, 3.8) is 0 Å². The summed E-state index contributed by atoms with van der Waals surface area (Å²) in [6.07, 6.45) is 1.20. The summed E-state index contributed by atoms with van der Waals surface area (Å²) in [6.45, 7) is 9.40. The first-order chi connectivity index (χ1) is 10.9. The molecule has 0 bridgehead atoms. The van der Waals surface area contributed by atoms with E-state index in [4.69, 9.17) is 0 Å². The highest BCUT2D eigenvalue weighted by Crippen LogP contribution is 2.17. The van der Waals surface area contributed by atoms with Crippen LogP contribution >= 0.6 is 22.6 Å². The third-order valence-electron chi connectivity index (χ3n) is 3.80. The van der Waals surface area contributed by atoms with Crippen LogP contribution in [-0.2, 0) is 17.8 Å². The Hall–Kier alpha value is -1.37. The van der Waals surface area contributed by atoms with Crippen LogP contribution in [0, 0.1) is 23.3 Å². The number of hydrogen-bond donors (Lipinski definition) is 1. The molecule has 1 aromatic heterocycles. The van der Waals surface area contributed by atoms with Gasteiger partial charge in [-0.05, 0) is 78.6 Å². The highest BCUT2D eigenvalue weighted by molar-refractivity contribution is 14.1. The van der Waals surface area contributed by atoms with Crippen LogP contribution in [0.3, 0.4) is 0 Å². The van der Waals surface area contributed by atoms with Crippen LogP contribution in [0.5, 0.6) is 0 Å². The fourth-order valence-corrected chi connectivity index (χ4v) is 2.97. The molecular formula is C18H24IN3O. The number of aromatic nitrogens is 2. The van der Waals surface area contributed by atoms with Gasteiger partial charge in [0.1, 0.15) is 0 Å². The number of amides is 1. The lowest BCUT2D eigenvalue weighted by molar-refractivity contribution is -0.116. The second kappa shape index (κ2) is 7.95. The minimum atomic E-state index is 0.0432. The van der Waals surface area contributed by atoms with E-state index >= 15 is 0 Å². The summed E-state index contributed by atoms with van der Waals surface area (Å²) in [5.74, 6) is 0.603. The molecule has 23 heavy (non-hydrogen) atoms. The van der Waals surface area contributed by atoms with Gasteiger partial charge >= 0.3 is 0 Å². The number of nitrogens with zero attached hydrogens (tertiary/aromatic N) is 2. The number of halogens is 1. The fraction of sp³-hybridized carbons (Fsp3) is 0.444. The smallest absolute Gasteiger partial charge is 0.224 e. The van der Waals surface area contributed by atoms with Crippen LogP contribution in [0.25, 0.3) is 0 Å². The Morgan fingerprint density at radius 3 is 2.52 bits per heavy atom. The van der Waals surface area contributed by atoms with Crippen molar-refractivity contribution >= 4 is 34.2 Å². The lowest BCUT2D eigenvalue weighted by Crippen LogP contribution is -2.13. The van der Waals surface area contributed by atoms with Crippen molar-refractivity contribution in [2.24, 2.45) is 5.92 Å². The number of carbonyl (C=O) groups is 1. The van der Waals surface area contributed by atoms with E-state index in [9.17, 15) is 4.79 Å². The fourth-order valence-electron chi connectivity index (χ4n) is 2.61. The third kappa shape index (κ3) is 5.06. The molecule has 2 aromatic rings. The van der Waals surface area contributed by atoms with Crippen molar-refractivity contribution in [1.29, 1.82) is 0 Å². The second-order valence-corrected chi connectivity index (χ2v) is 7.53. The first-order valence-corrected chi connectivity index (χ1v) is 9.03. The van der Waals surface area contributed by atoms with Gasteiger partial charge in [0.25, 0.3) is 0 Å². The quantitative estimate of drug-likeness (QED) is 0.701. The third-order valence-corrected chi connectivity index (χ3v) is 4.52. The van der Waals surface area contributed by atoms with Crippen molar-refractivity contribution in [1.82, 2.24) is 9.78 Å². The summed E-state index contributed by atoms with van der Waals surface area (Å²) in [5.41, 5.74) is 4.26. The van der Waals surface area contributed by atoms with Crippen molar-refractivity contribution in [3.05, 3.63) is 44.8 Å². The first kappa shape index (κ1) is 18.0. The van der Waals surface area contributed by atoms with Gasteiger partial charge in [0, 0.05) is 27.9 Å². The van der Waals surface area contributed by atoms with Crippen LogP contribution in [-0.4, -0.2) is 15.7 Å². The highest BCUT2D eigenvalue weighted by atomic mass is 127. The Bertz CT molecular complexity index is 674. The summed E-state index contributed by atoms with van der Waals surface area (Å²) >= 11 is 2.25. The number of nitrogens with one attached hydrogen (secondary N) is 1. The summed E-state index contributed by atoms with van der Waals surface area (Å²) in [6, 6.07) is 7.83. The normalized spacial score (nSPS) is 11.0. The van der Waals surface area contributed by atoms with Crippen LogP contribution in [0.15, 0.2) is 24.3 Å². The van der Waals surface area contributed by atoms with Crippen molar-refractivity contribution < 1.29 is 4.79 Å². The second-order valence-electron chi connectivity index (χ2n) is 6.28. The number of rotatable bonds is 6. The maximum Gasteiger partial charge on any atom is 0.224 e. The lowest BCUT2D eigenvalue weighted by atomic mass is 10.1. The Morgan fingerprint density at radius 2 is 1.91 bits per heavy atom. The van der Waals surface area contributed by atoms with Gasteiger partial charge in [-0.3, -0.25) is 9.48 Å². The molecule has 0 spiro atoms. The summed E-state index contributed by atoms with van der Waals surface area (Å²) in [4.78, 5) is 12.1. The number of hydrogen-bond acceptors (Lipinski definition) is 2. The van der Waals surface area contributed by atoms with E-state index in [-0.39, 0.29) is 5.91 Å². The molecule has 0 fully saturated rings. The van der Waals surface area contributed by atoms with E-state index in [2.05, 4.69) is 58.5 Å². The SMILES string of the molecule is Cc1nn(CC(C)C)c(C)c1CCC(=O)Nc1ccc(I)cc1. The van der Waals surface area contributed by atoms with Gasteiger partial charge in [-0.2, -0.15) is 5.10 Å². The van der Waals surface area contributed by atoms with Gasteiger partial charge in [-0.1, -0.05) is 13.8 Å². The maximum absolute atomic E-state index is 12.1. The standard InChI is InChI=1S/C18H24IN3O/c1-12(2)11-22-14(4)17(13(3)21-22)9-10-18(23)20-16-7-5-15(19)6-8-16/h5-8,12H,9-11H2,1-4H3,(H,20,23). The summed E-state index contributed by atoms with van der Waals surface area (Å²) < 4.78 is 3.22. The van der Waals surface area contributed by atoms with Gasteiger partial charge in [0.05, 0.1) is 5.69 Å². The molecule has 0 saturated heterocycles. The Morgan fingerprint density at radius 1 is 1.26 bits per heavy atom. The van der Waals surface area contributed by atoms with Gasteiger partial charge in [0.2, 0.25) is 5.91 Å². The number of aryl methyl sites for hydroxylation is 1. The van der Waals surface area contributed by atoms with Crippen LogP contribution in [0.4, 0.5) is 5.69 Å². The summed E-state index contributed by atoms with van der Waals surface area (Å²) in [5, 5.41) is 7.55. The first-order valence-electron chi connectivity index (χ1n) is 7.95. The largest absolute Gasteiger partial charge is 0.326 e. The molecule has 0 atom stereocenters. The predicted octanol–water partition coefficient (Wildman–Crippen LogP) is 4.33. The topological polar surface area (TPSA) is 46.9 Å². The zero-order valence-electron chi connectivity index (χ0n) is 14.2. The summed E-state index contributed by atoms with van der Waals surface area (Å²) in [7, 11) is 0. The molecule has 124 valence electrons. The van der Waals surface area contributed by atoms with Crippen LogP contribution < -0.4 is 5.32 Å². The number of anilines is 1. The zero-order valence-corrected chi connectivity index (χ0v) is 16.3. The van der Waals surface area contributed by atoms with E-state index in [0.717, 1.165) is 27.9 Å². The molecule has 5 heteroatoms. The lowest BCUT2D eigenvalue weighted by Gasteiger charge is -2.08. The molecule has 1 heterocycles. The molecule has 0 saturated carbocycles. The van der Waals surface area contributed by atoms with E-state index in [0.29, 0.717) is 12.3 Å². The number of benzene rings is 1. The average Bonchev–Trinajstić information content (AvgIpc) is 2.73.